The second kappa shape index (κ2) is 4.53. The van der Waals surface area contributed by atoms with E-state index in [1.54, 1.807) is 0 Å². The second-order valence-corrected chi connectivity index (χ2v) is 6.72. The minimum Gasteiger partial charge on any atom is -0.466 e. The van der Waals surface area contributed by atoms with Crippen molar-refractivity contribution >= 4 is 11.5 Å². The van der Waals surface area contributed by atoms with Crippen LogP contribution in [0.4, 0.5) is 5.82 Å². The average molecular weight is 298 g/mol. The summed E-state index contributed by atoms with van der Waals surface area (Å²) >= 11 is 0. The van der Waals surface area contributed by atoms with E-state index in [2.05, 4.69) is 45.9 Å². The van der Waals surface area contributed by atoms with Crippen molar-refractivity contribution in [1.82, 2.24) is 25.3 Å². The minimum absolute atomic E-state index is 0.178. The second-order valence-electron chi connectivity index (χ2n) is 6.72. The van der Waals surface area contributed by atoms with Gasteiger partial charge in [-0.15, -0.1) is 14.8 Å². The number of rotatable bonds is 2. The lowest BCUT2D eigenvalue weighted by atomic mass is 9.75. The summed E-state index contributed by atoms with van der Waals surface area (Å²) in [5, 5.41) is 19.2. The van der Waals surface area contributed by atoms with Gasteiger partial charge in [-0.25, -0.2) is 0 Å². The fourth-order valence-electron chi connectivity index (χ4n) is 3.22. The van der Waals surface area contributed by atoms with E-state index in [9.17, 15) is 0 Å². The number of hydrogen-bond acceptors (Lipinski definition) is 6. The number of fused-ring (bicyclic) bond motifs is 2. The van der Waals surface area contributed by atoms with Crippen LogP contribution in [0.25, 0.3) is 5.65 Å². The third-order valence-corrected chi connectivity index (χ3v) is 4.13. The maximum Gasteiger partial charge on any atom is 0.200 e. The number of anilines is 1. The van der Waals surface area contributed by atoms with Crippen molar-refractivity contribution in [1.29, 1.82) is 0 Å². The summed E-state index contributed by atoms with van der Waals surface area (Å²) in [6, 6.07) is 6.06. The lowest BCUT2D eigenvalue weighted by Crippen LogP contribution is -2.28. The van der Waals surface area contributed by atoms with Crippen molar-refractivity contribution in [2.75, 3.05) is 5.32 Å². The van der Waals surface area contributed by atoms with Gasteiger partial charge in [0.05, 0.1) is 6.04 Å². The van der Waals surface area contributed by atoms with E-state index >= 15 is 0 Å². The summed E-state index contributed by atoms with van der Waals surface area (Å²) in [6.07, 6.45) is 1.99. The summed E-state index contributed by atoms with van der Waals surface area (Å²) in [4.78, 5) is 0. The van der Waals surface area contributed by atoms with Gasteiger partial charge in [-0.3, -0.25) is 0 Å². The van der Waals surface area contributed by atoms with Crippen LogP contribution in [0.2, 0.25) is 0 Å². The molecular weight excluding hydrogens is 280 g/mol. The number of nitrogens with zero attached hydrogens (tertiary/aromatic N) is 5. The van der Waals surface area contributed by atoms with Crippen LogP contribution in [-0.2, 0) is 6.42 Å². The molecule has 0 amide bonds. The Labute approximate surface area is 127 Å². The van der Waals surface area contributed by atoms with Gasteiger partial charge in [0, 0.05) is 12.0 Å². The summed E-state index contributed by atoms with van der Waals surface area (Å²) in [5.41, 5.74) is 2.05. The molecule has 0 saturated carbocycles. The largest absolute Gasteiger partial charge is 0.466 e. The van der Waals surface area contributed by atoms with Gasteiger partial charge < -0.3 is 9.73 Å². The highest BCUT2D eigenvalue weighted by Gasteiger charge is 2.35. The molecule has 1 atom stereocenters. The van der Waals surface area contributed by atoms with Crippen molar-refractivity contribution in [3.63, 3.8) is 0 Å². The first-order valence-corrected chi connectivity index (χ1v) is 7.41. The monoisotopic (exact) mass is 298 g/mol. The van der Waals surface area contributed by atoms with Crippen LogP contribution in [0.1, 0.15) is 43.4 Å². The Morgan fingerprint density at radius 3 is 3.09 bits per heavy atom. The Morgan fingerprint density at radius 2 is 2.23 bits per heavy atom. The number of nitrogens with one attached hydrogen (secondary N) is 1. The van der Waals surface area contributed by atoms with E-state index in [4.69, 9.17) is 4.42 Å². The maximum atomic E-state index is 5.87. The van der Waals surface area contributed by atoms with Crippen LogP contribution in [0.5, 0.6) is 0 Å². The standard InChI is InChI=1S/C15H18N6O/c1-9-6-10-11(7-15(2,3)8-12(10)22-9)16-13-4-5-14-17-19-20-21(14)18-13/h4-6,11H,7-8H2,1-3H3,(H,16,18)/t11-/m0/s1. The van der Waals surface area contributed by atoms with Gasteiger partial charge in [-0.1, -0.05) is 13.8 Å². The number of tetrazole rings is 1. The predicted molar refractivity (Wildman–Crippen MR) is 80.5 cm³/mol. The molecule has 3 heterocycles. The predicted octanol–water partition coefficient (Wildman–Crippen LogP) is 2.55. The van der Waals surface area contributed by atoms with Gasteiger partial charge in [0.15, 0.2) is 5.65 Å². The van der Waals surface area contributed by atoms with Crippen LogP contribution < -0.4 is 5.32 Å². The molecule has 22 heavy (non-hydrogen) atoms. The molecule has 114 valence electrons. The molecule has 7 heteroatoms. The number of aromatic nitrogens is 5. The van der Waals surface area contributed by atoms with E-state index in [1.165, 1.54) is 10.2 Å². The summed E-state index contributed by atoms with van der Waals surface area (Å²) < 4.78 is 7.30. The zero-order valence-corrected chi connectivity index (χ0v) is 12.9. The van der Waals surface area contributed by atoms with Gasteiger partial charge in [0.2, 0.25) is 0 Å². The van der Waals surface area contributed by atoms with Crippen molar-refractivity contribution < 1.29 is 4.42 Å². The van der Waals surface area contributed by atoms with Crippen molar-refractivity contribution in [2.24, 2.45) is 5.41 Å². The van der Waals surface area contributed by atoms with Crippen LogP contribution in [0.3, 0.4) is 0 Å². The van der Waals surface area contributed by atoms with Gasteiger partial charge >= 0.3 is 0 Å². The molecule has 0 bridgehead atoms. The van der Waals surface area contributed by atoms with Gasteiger partial charge in [-0.2, -0.15) is 0 Å². The highest BCUT2D eigenvalue weighted by molar-refractivity contribution is 5.45. The summed E-state index contributed by atoms with van der Waals surface area (Å²) in [7, 11) is 0. The first-order valence-electron chi connectivity index (χ1n) is 7.41. The van der Waals surface area contributed by atoms with Gasteiger partial charge in [-0.05, 0) is 47.4 Å². The highest BCUT2D eigenvalue weighted by atomic mass is 16.3. The van der Waals surface area contributed by atoms with Crippen LogP contribution in [0.15, 0.2) is 22.6 Å². The summed E-state index contributed by atoms with van der Waals surface area (Å²) in [6.45, 7) is 6.52. The Hall–Kier alpha value is -2.44. The van der Waals surface area contributed by atoms with E-state index in [0.717, 1.165) is 30.2 Å². The van der Waals surface area contributed by atoms with Crippen molar-refractivity contribution in [3.05, 3.63) is 35.3 Å². The number of aryl methyl sites for hydroxylation is 1. The maximum absolute atomic E-state index is 5.87. The van der Waals surface area contributed by atoms with E-state index in [-0.39, 0.29) is 11.5 Å². The quantitative estimate of drug-likeness (QED) is 0.783. The Kier molecular flexibility index (Phi) is 2.72. The topological polar surface area (TPSA) is 81.1 Å². The Bertz CT molecular complexity index is 834. The molecule has 0 unspecified atom stereocenters. The molecule has 3 aromatic rings. The lowest BCUT2D eigenvalue weighted by Gasteiger charge is -2.34. The minimum atomic E-state index is 0.178. The van der Waals surface area contributed by atoms with E-state index in [0.29, 0.717) is 5.65 Å². The molecule has 0 aromatic carbocycles. The SMILES string of the molecule is Cc1cc2c(o1)CC(C)(C)C[C@@H]2Nc1ccc2nnnn2n1. The molecule has 0 fully saturated rings. The molecule has 0 aliphatic heterocycles. The Balaban J connectivity index is 1.69. The molecule has 1 aliphatic rings. The van der Waals surface area contributed by atoms with E-state index in [1.807, 2.05) is 19.1 Å². The molecule has 0 saturated heterocycles. The summed E-state index contributed by atoms with van der Waals surface area (Å²) in [5.74, 6) is 2.79. The van der Waals surface area contributed by atoms with Crippen molar-refractivity contribution in [3.8, 4) is 0 Å². The molecular formula is C15H18N6O. The first-order chi connectivity index (χ1) is 10.5. The van der Waals surface area contributed by atoms with Gasteiger partial charge in [0.25, 0.3) is 0 Å². The highest BCUT2D eigenvalue weighted by Crippen LogP contribution is 2.43. The molecule has 1 aliphatic carbocycles. The molecule has 1 N–H and O–H groups in total. The molecule has 0 radical (unpaired) electrons. The lowest BCUT2D eigenvalue weighted by molar-refractivity contribution is 0.261. The molecule has 0 spiro atoms. The van der Waals surface area contributed by atoms with Gasteiger partial charge in [0.1, 0.15) is 17.3 Å². The van der Waals surface area contributed by atoms with Crippen LogP contribution >= 0.6 is 0 Å². The zero-order valence-electron chi connectivity index (χ0n) is 12.9. The normalized spacial score (nSPS) is 20.0. The molecule has 7 nitrogen and oxygen atoms in total. The van der Waals surface area contributed by atoms with Crippen LogP contribution in [-0.4, -0.2) is 25.3 Å². The first kappa shape index (κ1) is 13.2. The van der Waals surface area contributed by atoms with Crippen molar-refractivity contribution in [2.45, 2.75) is 39.7 Å². The molecule has 3 aromatic heterocycles. The fourth-order valence-corrected chi connectivity index (χ4v) is 3.22. The van der Waals surface area contributed by atoms with E-state index < -0.39 is 0 Å². The smallest absolute Gasteiger partial charge is 0.200 e. The third-order valence-electron chi connectivity index (χ3n) is 4.13. The third kappa shape index (κ3) is 2.22. The number of furan rings is 1. The van der Waals surface area contributed by atoms with Crippen LogP contribution in [0, 0.1) is 12.3 Å². The fraction of sp³-hybridized carbons (Fsp3) is 0.467. The average Bonchev–Trinajstić information content (AvgIpc) is 3.02. The number of hydrogen-bond donors (Lipinski definition) is 1. The zero-order chi connectivity index (χ0) is 15.3. The molecule has 4 rings (SSSR count). The Morgan fingerprint density at radius 1 is 1.36 bits per heavy atom.